The molecule has 3 heterocycles. The van der Waals surface area contributed by atoms with Crippen molar-refractivity contribution in [2.45, 2.75) is 75.1 Å². The molecule has 1 saturated heterocycles. The van der Waals surface area contributed by atoms with E-state index >= 15 is 4.39 Å². The molecule has 4 rings (SSSR count). The monoisotopic (exact) mass is 689 g/mol. The van der Waals surface area contributed by atoms with E-state index in [2.05, 4.69) is 21.1 Å². The number of rotatable bonds is 9. The zero-order chi connectivity index (χ0) is 33.7. The number of likely N-dealkylation sites (tertiary alicyclic amines) is 1. The number of amides is 1. The number of carbonyl (C=O) groups excluding carboxylic acids is 1. The highest BCUT2D eigenvalue weighted by Gasteiger charge is 2.41. The van der Waals surface area contributed by atoms with Gasteiger partial charge in [-0.15, -0.1) is 21.5 Å². The number of nitrogens with one attached hydrogen (secondary N) is 1. The molecule has 0 saturated carbocycles. The van der Waals surface area contributed by atoms with Crippen LogP contribution in [0, 0.1) is 5.82 Å². The van der Waals surface area contributed by atoms with Crippen LogP contribution in [0.4, 0.5) is 35.1 Å². The molecule has 2 aromatic heterocycles. The van der Waals surface area contributed by atoms with Crippen molar-refractivity contribution in [3.05, 3.63) is 35.1 Å². The van der Waals surface area contributed by atoms with Crippen LogP contribution >= 0.6 is 11.3 Å². The highest BCUT2D eigenvalue weighted by molar-refractivity contribution is 7.98. The van der Waals surface area contributed by atoms with Crippen molar-refractivity contribution in [3.63, 3.8) is 0 Å². The van der Waals surface area contributed by atoms with E-state index in [0.717, 1.165) is 17.9 Å². The van der Waals surface area contributed by atoms with Crippen molar-refractivity contribution in [2.24, 2.45) is 0 Å². The maximum absolute atomic E-state index is 15.8. The van der Waals surface area contributed by atoms with Gasteiger partial charge < -0.3 is 14.4 Å². The number of alkyl halides is 7. The number of hydrogen-bond donors (Lipinski definition) is 2. The fraction of sp³-hybridized carbons (Fsp3) is 0.500. The minimum absolute atomic E-state index is 0.234. The van der Waals surface area contributed by atoms with Gasteiger partial charge in [0.05, 0.1) is 25.0 Å². The van der Waals surface area contributed by atoms with Crippen LogP contribution in [0.1, 0.15) is 68.4 Å². The summed E-state index contributed by atoms with van der Waals surface area (Å²) in [6.07, 6.45) is -10.6. The van der Waals surface area contributed by atoms with Gasteiger partial charge in [-0.2, -0.15) is 13.2 Å². The summed E-state index contributed by atoms with van der Waals surface area (Å²) in [5.41, 5.74) is -4.22. The smallest absolute Gasteiger partial charge is 0.404 e. The lowest BCUT2D eigenvalue weighted by molar-refractivity contribution is -0.151. The molecule has 1 aliphatic rings. The fourth-order valence-corrected chi connectivity index (χ4v) is 6.99. The number of nitrogens with zero attached hydrogens (tertiary/aromatic N) is 4. The SMILES string of the molecule is C=S(=O)(N[C@@H](CC)C(F)(F)F)c1ccc(-c2sc(-c3nnc(C(C)(C)O)o3)nc2C(=O)N2CCC(F)(F)CC2)c(C(F)F)c1F. The number of hydrogen-bond acceptors (Lipinski definition) is 8. The van der Waals surface area contributed by atoms with Gasteiger partial charge in [-0.05, 0) is 32.2 Å². The maximum atomic E-state index is 15.8. The van der Waals surface area contributed by atoms with Crippen LogP contribution in [0.2, 0.25) is 0 Å². The molecule has 45 heavy (non-hydrogen) atoms. The van der Waals surface area contributed by atoms with E-state index in [0.29, 0.717) is 17.4 Å². The van der Waals surface area contributed by atoms with Gasteiger partial charge in [0.1, 0.15) is 23.2 Å². The van der Waals surface area contributed by atoms with Gasteiger partial charge in [-0.3, -0.25) is 4.79 Å². The zero-order valence-electron chi connectivity index (χ0n) is 23.9. The first-order valence-corrected chi connectivity index (χ1v) is 15.8. The minimum atomic E-state index is -4.91. The Morgan fingerprint density at radius 2 is 1.84 bits per heavy atom. The summed E-state index contributed by atoms with van der Waals surface area (Å²) in [5, 5.41) is 17.4. The Kier molecular flexibility index (Phi) is 9.42. The predicted molar refractivity (Wildman–Crippen MR) is 148 cm³/mol. The normalized spacial score (nSPS) is 17.8. The topological polar surface area (TPSA) is 121 Å². The summed E-state index contributed by atoms with van der Waals surface area (Å²) in [5.74, 6) is -3.33. The lowest BCUT2D eigenvalue weighted by Gasteiger charge is -2.31. The van der Waals surface area contributed by atoms with Gasteiger partial charge in [0.25, 0.3) is 24.1 Å². The zero-order valence-corrected chi connectivity index (χ0v) is 25.5. The molecule has 2 N–H and O–H groups in total. The Balaban J connectivity index is 1.87. The van der Waals surface area contributed by atoms with E-state index in [-0.39, 0.29) is 21.7 Å². The molecule has 0 spiro atoms. The molecule has 0 bridgehead atoms. The third-order valence-electron chi connectivity index (χ3n) is 6.84. The fourth-order valence-electron chi connectivity index (χ4n) is 4.40. The van der Waals surface area contributed by atoms with Crippen molar-refractivity contribution in [2.75, 3.05) is 13.1 Å². The first-order valence-electron chi connectivity index (χ1n) is 13.2. The molecule has 0 radical (unpaired) electrons. The molecule has 1 amide bonds. The summed E-state index contributed by atoms with van der Waals surface area (Å²) in [7, 11) is -4.34. The number of aromatic nitrogens is 3. The van der Waals surface area contributed by atoms with Crippen molar-refractivity contribution < 1.29 is 53.7 Å². The van der Waals surface area contributed by atoms with Crippen LogP contribution < -0.4 is 4.72 Å². The molecule has 248 valence electrons. The maximum Gasteiger partial charge on any atom is 0.404 e. The van der Waals surface area contributed by atoms with Crippen molar-refractivity contribution >= 4 is 32.8 Å². The van der Waals surface area contributed by atoms with E-state index in [1.54, 1.807) is 4.72 Å². The Morgan fingerprint density at radius 3 is 2.36 bits per heavy atom. The predicted octanol–water partition coefficient (Wildman–Crippen LogP) is 5.96. The second-order valence-corrected chi connectivity index (χ2v) is 13.8. The van der Waals surface area contributed by atoms with Gasteiger partial charge in [-0.25, -0.2) is 35.9 Å². The van der Waals surface area contributed by atoms with Gasteiger partial charge in [0, 0.05) is 31.5 Å². The number of aliphatic hydroxyl groups is 1. The minimum Gasteiger partial charge on any atom is -0.415 e. The van der Waals surface area contributed by atoms with E-state index in [1.165, 1.54) is 13.8 Å². The van der Waals surface area contributed by atoms with Gasteiger partial charge in [0.2, 0.25) is 5.89 Å². The van der Waals surface area contributed by atoms with Crippen LogP contribution in [0.15, 0.2) is 21.4 Å². The second kappa shape index (κ2) is 12.2. The number of carbonyl (C=O) groups is 1. The van der Waals surface area contributed by atoms with Crippen LogP contribution in [0.3, 0.4) is 0 Å². The average molecular weight is 690 g/mol. The molecular weight excluding hydrogens is 662 g/mol. The second-order valence-electron chi connectivity index (χ2n) is 10.8. The van der Waals surface area contributed by atoms with Crippen LogP contribution in [-0.2, 0) is 15.3 Å². The molecule has 1 aromatic carbocycles. The van der Waals surface area contributed by atoms with E-state index in [1.807, 2.05) is 0 Å². The Hall–Kier alpha value is -3.16. The summed E-state index contributed by atoms with van der Waals surface area (Å²) in [6, 6.07) is -0.865. The van der Waals surface area contributed by atoms with Crippen molar-refractivity contribution in [1.29, 1.82) is 0 Å². The van der Waals surface area contributed by atoms with Crippen molar-refractivity contribution in [3.8, 4) is 21.3 Å². The van der Waals surface area contributed by atoms with Crippen LogP contribution in [0.5, 0.6) is 0 Å². The Morgan fingerprint density at radius 1 is 1.22 bits per heavy atom. The largest absolute Gasteiger partial charge is 0.415 e. The molecule has 19 heteroatoms. The Labute approximate surface area is 255 Å². The summed E-state index contributed by atoms with van der Waals surface area (Å²) < 4.78 is 133. The first-order chi connectivity index (χ1) is 20.7. The third-order valence-corrected chi connectivity index (χ3v) is 9.61. The number of halogens is 8. The quantitative estimate of drug-likeness (QED) is 0.210. The van der Waals surface area contributed by atoms with Crippen molar-refractivity contribution in [1.82, 2.24) is 24.8 Å². The first kappa shape index (κ1) is 34.7. The van der Waals surface area contributed by atoms with E-state index in [4.69, 9.17) is 4.42 Å². The summed E-state index contributed by atoms with van der Waals surface area (Å²) in [6.45, 7) is 2.94. The Bertz CT molecular complexity index is 1670. The summed E-state index contributed by atoms with van der Waals surface area (Å²) in [4.78, 5) is 17.2. The number of benzene rings is 1. The van der Waals surface area contributed by atoms with E-state index < -0.39 is 106 Å². The highest BCUT2D eigenvalue weighted by Crippen LogP contribution is 2.43. The molecule has 0 aliphatic carbocycles. The number of thiazole rings is 1. The lowest BCUT2D eigenvalue weighted by Crippen LogP contribution is -2.45. The summed E-state index contributed by atoms with van der Waals surface area (Å²) >= 11 is 0.517. The van der Waals surface area contributed by atoms with Gasteiger partial charge in [0.15, 0.2) is 5.01 Å². The van der Waals surface area contributed by atoms with E-state index in [9.17, 15) is 44.8 Å². The molecule has 9 nitrogen and oxygen atoms in total. The van der Waals surface area contributed by atoms with Crippen LogP contribution in [-0.4, -0.2) is 72.4 Å². The molecule has 1 unspecified atom stereocenters. The average Bonchev–Trinajstić information content (AvgIpc) is 3.58. The lowest BCUT2D eigenvalue weighted by atomic mass is 10.0. The molecule has 2 atom stereocenters. The van der Waals surface area contributed by atoms with Gasteiger partial charge in [-0.1, -0.05) is 13.0 Å². The molecular formula is C26H27F8N5O4S2. The van der Waals surface area contributed by atoms with Gasteiger partial charge >= 0.3 is 6.18 Å². The molecule has 1 fully saturated rings. The standard InChI is InChI=1S/C26H27F8N5O4S2/c1-5-14(26(32,33)34)38-45(4,42)13-7-6-12(15(16(13)27)19(28)29)18-17(22(40)39-10-8-25(30,31)9-11-39)35-21(44-18)20-36-37-23(43-20)24(2,3)41/h6-7,14,19,41H,4-5,8-11H2,1-3H3,(H,38,42)/t14-,45?/m0/s1. The third kappa shape index (κ3) is 7.30. The molecule has 3 aromatic rings. The molecule has 1 aliphatic heterocycles. The van der Waals surface area contributed by atoms with Crippen LogP contribution in [0.25, 0.3) is 21.3 Å². The highest BCUT2D eigenvalue weighted by atomic mass is 32.2. The number of piperidine rings is 1.